The summed E-state index contributed by atoms with van der Waals surface area (Å²) in [4.78, 5) is 16.6. The van der Waals surface area contributed by atoms with Crippen molar-refractivity contribution in [1.29, 1.82) is 0 Å². The first-order valence-corrected chi connectivity index (χ1v) is 5.80. The number of nitrogens with one attached hydrogen (secondary N) is 3. The van der Waals surface area contributed by atoms with Gasteiger partial charge in [0.2, 0.25) is 0 Å². The Morgan fingerprint density at radius 2 is 2.12 bits per heavy atom. The molecule has 1 atom stereocenters. The second kappa shape index (κ2) is 5.16. The van der Waals surface area contributed by atoms with Gasteiger partial charge in [0.25, 0.3) is 0 Å². The lowest BCUT2D eigenvalue weighted by molar-refractivity contribution is 0.522. The molecule has 17 heavy (non-hydrogen) atoms. The van der Waals surface area contributed by atoms with Crippen molar-refractivity contribution in [1.82, 2.24) is 15.3 Å². The molecule has 5 N–H and O–H groups in total. The third kappa shape index (κ3) is 2.95. The van der Waals surface area contributed by atoms with E-state index in [0.717, 1.165) is 29.7 Å². The molecule has 92 valence electrons. The van der Waals surface area contributed by atoms with Crippen molar-refractivity contribution in [2.45, 2.75) is 13.5 Å². The van der Waals surface area contributed by atoms with Crippen LogP contribution in [0.4, 0.5) is 0 Å². The van der Waals surface area contributed by atoms with Gasteiger partial charge in [-0.1, -0.05) is 13.0 Å². The van der Waals surface area contributed by atoms with Gasteiger partial charge in [-0.3, -0.25) is 0 Å². The minimum absolute atomic E-state index is 0.165. The maximum absolute atomic E-state index is 11.1. The number of hydrogen-bond donors (Lipinski definition) is 4. The van der Waals surface area contributed by atoms with E-state index < -0.39 is 0 Å². The minimum atomic E-state index is -0.165. The second-order valence-corrected chi connectivity index (χ2v) is 4.43. The van der Waals surface area contributed by atoms with Crippen LogP contribution in [0.15, 0.2) is 23.0 Å². The molecule has 0 spiro atoms. The predicted octanol–water partition coefficient (Wildman–Crippen LogP) is 0.541. The number of H-pyrrole nitrogens is 2. The van der Waals surface area contributed by atoms with Crippen LogP contribution in [0.1, 0.15) is 12.5 Å². The molecule has 0 bridgehead atoms. The quantitative estimate of drug-likeness (QED) is 0.609. The fourth-order valence-corrected chi connectivity index (χ4v) is 1.74. The zero-order valence-corrected chi connectivity index (χ0v) is 9.92. The van der Waals surface area contributed by atoms with Crippen LogP contribution in [0.5, 0.6) is 0 Å². The number of hydrogen-bond acceptors (Lipinski definition) is 3. The summed E-state index contributed by atoms with van der Waals surface area (Å²) in [5.41, 5.74) is 8.22. The Kier molecular flexibility index (Phi) is 3.61. The highest BCUT2D eigenvalue weighted by molar-refractivity contribution is 5.74. The molecule has 1 aromatic carbocycles. The minimum Gasteiger partial charge on any atom is -0.330 e. The van der Waals surface area contributed by atoms with Gasteiger partial charge in [0.1, 0.15) is 0 Å². The zero-order chi connectivity index (χ0) is 12.3. The Morgan fingerprint density at radius 1 is 1.35 bits per heavy atom. The van der Waals surface area contributed by atoms with Gasteiger partial charge in [-0.2, -0.15) is 0 Å². The van der Waals surface area contributed by atoms with E-state index in [0.29, 0.717) is 12.5 Å². The van der Waals surface area contributed by atoms with Crippen molar-refractivity contribution in [2.24, 2.45) is 11.7 Å². The molecule has 1 unspecified atom stereocenters. The van der Waals surface area contributed by atoms with Crippen molar-refractivity contribution in [3.8, 4) is 0 Å². The maximum atomic E-state index is 11.1. The predicted molar refractivity (Wildman–Crippen MR) is 68.8 cm³/mol. The van der Waals surface area contributed by atoms with Crippen molar-refractivity contribution in [3.05, 3.63) is 34.2 Å². The Hall–Kier alpha value is -1.59. The standard InChI is InChI=1S/C12H18N4O/c1-8(5-13)6-14-7-9-2-3-10-11(4-9)16-12(17)15-10/h2-4,8,14H,5-7,13H2,1H3,(H2,15,16,17). The molecule has 0 saturated carbocycles. The van der Waals surface area contributed by atoms with E-state index in [-0.39, 0.29) is 5.69 Å². The van der Waals surface area contributed by atoms with Crippen LogP contribution in [0.2, 0.25) is 0 Å². The first kappa shape index (κ1) is 11.9. The molecule has 1 heterocycles. The Morgan fingerprint density at radius 3 is 2.88 bits per heavy atom. The summed E-state index contributed by atoms with van der Waals surface area (Å²) in [6, 6.07) is 5.90. The van der Waals surface area contributed by atoms with E-state index in [1.165, 1.54) is 0 Å². The Labute approximate surface area is 99.4 Å². The van der Waals surface area contributed by atoms with Gasteiger partial charge in [0, 0.05) is 6.54 Å². The first-order chi connectivity index (χ1) is 8.19. The Balaban J connectivity index is 2.01. The van der Waals surface area contributed by atoms with Gasteiger partial charge in [0.15, 0.2) is 0 Å². The molecule has 2 rings (SSSR count). The van der Waals surface area contributed by atoms with Gasteiger partial charge in [0.05, 0.1) is 11.0 Å². The lowest BCUT2D eigenvalue weighted by Crippen LogP contribution is -2.25. The number of benzene rings is 1. The monoisotopic (exact) mass is 234 g/mol. The van der Waals surface area contributed by atoms with Crippen molar-refractivity contribution < 1.29 is 0 Å². The second-order valence-electron chi connectivity index (χ2n) is 4.43. The lowest BCUT2D eigenvalue weighted by Gasteiger charge is -2.09. The van der Waals surface area contributed by atoms with Crippen molar-refractivity contribution >= 4 is 11.0 Å². The Bertz CT molecular complexity index is 543. The molecule has 0 fully saturated rings. The fourth-order valence-electron chi connectivity index (χ4n) is 1.74. The molecular weight excluding hydrogens is 216 g/mol. The smallest absolute Gasteiger partial charge is 0.323 e. The van der Waals surface area contributed by atoms with Crippen LogP contribution in [0.3, 0.4) is 0 Å². The van der Waals surface area contributed by atoms with Crippen molar-refractivity contribution in [2.75, 3.05) is 13.1 Å². The summed E-state index contributed by atoms with van der Waals surface area (Å²) in [5, 5.41) is 3.34. The highest BCUT2D eigenvalue weighted by Crippen LogP contribution is 2.09. The molecule has 0 amide bonds. The molecule has 1 aromatic heterocycles. The van der Waals surface area contributed by atoms with Crippen LogP contribution in [0.25, 0.3) is 11.0 Å². The number of nitrogens with two attached hydrogens (primary N) is 1. The topological polar surface area (TPSA) is 86.7 Å². The third-order valence-electron chi connectivity index (χ3n) is 2.80. The summed E-state index contributed by atoms with van der Waals surface area (Å²) >= 11 is 0. The van der Waals surface area contributed by atoms with Crippen LogP contribution in [-0.2, 0) is 6.54 Å². The summed E-state index contributed by atoms with van der Waals surface area (Å²) in [7, 11) is 0. The van der Waals surface area contributed by atoms with Crippen LogP contribution < -0.4 is 16.7 Å². The average molecular weight is 234 g/mol. The normalized spacial score (nSPS) is 13.1. The number of rotatable bonds is 5. The van der Waals surface area contributed by atoms with Crippen molar-refractivity contribution in [3.63, 3.8) is 0 Å². The van der Waals surface area contributed by atoms with E-state index in [4.69, 9.17) is 5.73 Å². The molecule has 0 aliphatic rings. The van der Waals surface area contributed by atoms with Gasteiger partial charge in [-0.15, -0.1) is 0 Å². The zero-order valence-electron chi connectivity index (χ0n) is 9.92. The molecule has 0 saturated heterocycles. The van der Waals surface area contributed by atoms with Crippen LogP contribution >= 0.6 is 0 Å². The summed E-state index contributed by atoms with van der Waals surface area (Å²) in [6.07, 6.45) is 0. The van der Waals surface area contributed by atoms with E-state index in [2.05, 4.69) is 22.2 Å². The van der Waals surface area contributed by atoms with Crippen LogP contribution in [0, 0.1) is 5.92 Å². The molecular formula is C12H18N4O. The summed E-state index contributed by atoms with van der Waals surface area (Å²) in [6.45, 7) is 4.49. The van der Waals surface area contributed by atoms with E-state index in [1.807, 2.05) is 18.2 Å². The molecule has 0 radical (unpaired) electrons. The maximum Gasteiger partial charge on any atom is 0.323 e. The van der Waals surface area contributed by atoms with Crippen LogP contribution in [-0.4, -0.2) is 23.1 Å². The number of aromatic amines is 2. The first-order valence-electron chi connectivity index (χ1n) is 5.80. The highest BCUT2D eigenvalue weighted by atomic mass is 16.1. The van der Waals surface area contributed by atoms with E-state index >= 15 is 0 Å². The fraction of sp³-hybridized carbons (Fsp3) is 0.417. The highest BCUT2D eigenvalue weighted by Gasteiger charge is 2.01. The molecule has 5 heteroatoms. The largest absolute Gasteiger partial charge is 0.330 e. The van der Waals surface area contributed by atoms with Gasteiger partial charge >= 0.3 is 5.69 Å². The van der Waals surface area contributed by atoms with Gasteiger partial charge in [-0.05, 0) is 36.7 Å². The summed E-state index contributed by atoms with van der Waals surface area (Å²) in [5.74, 6) is 0.478. The van der Waals surface area contributed by atoms with Gasteiger partial charge < -0.3 is 21.0 Å². The summed E-state index contributed by atoms with van der Waals surface area (Å²) < 4.78 is 0. The SMILES string of the molecule is CC(CN)CNCc1ccc2[nH]c(=O)[nH]c2c1. The van der Waals surface area contributed by atoms with Gasteiger partial charge in [-0.25, -0.2) is 4.79 Å². The molecule has 0 aliphatic carbocycles. The number of aromatic nitrogens is 2. The number of imidazole rings is 1. The lowest BCUT2D eigenvalue weighted by atomic mass is 10.1. The molecule has 2 aromatic rings. The average Bonchev–Trinajstić information content (AvgIpc) is 2.68. The molecule has 5 nitrogen and oxygen atoms in total. The number of fused-ring (bicyclic) bond motifs is 1. The van der Waals surface area contributed by atoms with E-state index in [9.17, 15) is 4.79 Å². The third-order valence-corrected chi connectivity index (χ3v) is 2.80. The molecule has 0 aliphatic heterocycles. The van der Waals surface area contributed by atoms with E-state index in [1.54, 1.807) is 0 Å².